The number of carboxylic acid groups (broad SMARTS) is 1. The first-order valence-electron chi connectivity index (χ1n) is 2.82. The van der Waals surface area contributed by atoms with Gasteiger partial charge in [-0.25, -0.2) is 4.79 Å². The van der Waals surface area contributed by atoms with Crippen LogP contribution in [0.1, 0.15) is 16.3 Å². The van der Waals surface area contributed by atoms with Crippen LogP contribution in [-0.4, -0.2) is 16.2 Å². The van der Waals surface area contributed by atoms with E-state index >= 15 is 0 Å². The van der Waals surface area contributed by atoms with Crippen molar-refractivity contribution in [3.05, 3.63) is 30.2 Å². The van der Waals surface area contributed by atoms with Gasteiger partial charge in [-0.05, 0) is 12.1 Å². The second kappa shape index (κ2) is 2.49. The van der Waals surface area contributed by atoms with E-state index in [1.54, 1.807) is 0 Å². The smallest absolute Gasteiger partial charge is 0.371 e. The summed E-state index contributed by atoms with van der Waals surface area (Å²) in [7, 11) is 0. The van der Waals surface area contributed by atoms with Crippen molar-refractivity contribution in [2.45, 2.75) is 0 Å². The number of hydrogen-bond donors (Lipinski definition) is 2. The third-order valence-corrected chi connectivity index (χ3v) is 1.10. The zero-order valence-corrected chi connectivity index (χ0v) is 5.57. The van der Waals surface area contributed by atoms with E-state index in [2.05, 4.69) is 11.0 Å². The summed E-state index contributed by atoms with van der Waals surface area (Å²) < 4.78 is 4.66. The Kier molecular flexibility index (Phi) is 1.68. The Hall–Kier alpha value is -1.71. The molecule has 0 bridgehead atoms. The van der Waals surface area contributed by atoms with E-state index in [1.807, 2.05) is 0 Å². The topological polar surface area (TPSA) is 70.7 Å². The van der Waals surface area contributed by atoms with Gasteiger partial charge in [0.15, 0.2) is 11.5 Å². The summed E-state index contributed by atoms with van der Waals surface area (Å²) in [4.78, 5) is 10.2. The first-order chi connectivity index (χ1) is 5.11. The van der Waals surface area contributed by atoms with Gasteiger partial charge in [0.25, 0.3) is 0 Å². The quantitative estimate of drug-likeness (QED) is 0.633. The molecule has 0 saturated carbocycles. The van der Waals surface area contributed by atoms with Crippen molar-refractivity contribution in [3.8, 4) is 0 Å². The summed E-state index contributed by atoms with van der Waals surface area (Å²) in [5, 5.41) is 17.1. The maximum Gasteiger partial charge on any atom is 0.371 e. The van der Waals surface area contributed by atoms with Gasteiger partial charge in [0.2, 0.25) is 5.76 Å². The van der Waals surface area contributed by atoms with Gasteiger partial charge in [0, 0.05) is 0 Å². The number of hydrogen-bond acceptors (Lipinski definition) is 3. The molecule has 1 rings (SSSR count). The summed E-state index contributed by atoms with van der Waals surface area (Å²) in [5.74, 6) is -1.59. The Morgan fingerprint density at radius 1 is 1.36 bits per heavy atom. The molecule has 0 saturated heterocycles. The van der Waals surface area contributed by atoms with Gasteiger partial charge in [-0.2, -0.15) is 0 Å². The van der Waals surface area contributed by atoms with Gasteiger partial charge in [-0.3, -0.25) is 0 Å². The predicted octanol–water partition coefficient (Wildman–Crippen LogP) is 1.51. The Morgan fingerprint density at radius 2 is 1.91 bits per heavy atom. The second-order valence-electron chi connectivity index (χ2n) is 1.92. The maximum absolute atomic E-state index is 10.2. The summed E-state index contributed by atoms with van der Waals surface area (Å²) in [6.07, 6.45) is 0. The lowest BCUT2D eigenvalue weighted by Gasteiger charge is -1.88. The molecule has 0 aliphatic rings. The SMILES string of the molecule is C=C(O)c1ccc(C(=O)O)o1. The van der Waals surface area contributed by atoms with E-state index in [0.29, 0.717) is 0 Å². The van der Waals surface area contributed by atoms with E-state index in [-0.39, 0.29) is 17.3 Å². The number of carbonyl (C=O) groups is 1. The van der Waals surface area contributed by atoms with E-state index < -0.39 is 5.97 Å². The third-order valence-electron chi connectivity index (χ3n) is 1.10. The Bertz CT molecular complexity index is 269. The van der Waals surface area contributed by atoms with Gasteiger partial charge in [0.1, 0.15) is 0 Å². The fourth-order valence-electron chi connectivity index (χ4n) is 0.608. The van der Waals surface area contributed by atoms with Crippen molar-refractivity contribution in [1.29, 1.82) is 0 Å². The number of aliphatic hydroxyl groups is 1. The van der Waals surface area contributed by atoms with Gasteiger partial charge in [-0.1, -0.05) is 6.58 Å². The van der Waals surface area contributed by atoms with Crippen LogP contribution in [0.4, 0.5) is 0 Å². The van der Waals surface area contributed by atoms with Gasteiger partial charge in [0.05, 0.1) is 0 Å². The molecule has 2 N–H and O–H groups in total. The molecule has 0 unspecified atom stereocenters. The summed E-state index contributed by atoms with van der Waals surface area (Å²) >= 11 is 0. The Morgan fingerprint density at radius 3 is 2.18 bits per heavy atom. The molecule has 1 heterocycles. The fourth-order valence-corrected chi connectivity index (χ4v) is 0.608. The molecule has 0 amide bonds. The molecule has 11 heavy (non-hydrogen) atoms. The molecule has 0 radical (unpaired) electrons. The van der Waals surface area contributed by atoms with Crippen LogP contribution in [0.5, 0.6) is 0 Å². The predicted molar refractivity (Wildman–Crippen MR) is 37.3 cm³/mol. The Labute approximate surface area is 62.4 Å². The molecule has 0 aromatic carbocycles. The summed E-state index contributed by atoms with van der Waals surface area (Å²) in [5.41, 5.74) is 0. The van der Waals surface area contributed by atoms with Crippen LogP contribution in [-0.2, 0) is 0 Å². The van der Waals surface area contributed by atoms with Crippen LogP contribution in [0.15, 0.2) is 23.1 Å². The standard InChI is InChI=1S/C7H6O4/c1-4(8)5-2-3-6(11-5)7(9)10/h2-3,8H,1H2,(H,9,10). The first kappa shape index (κ1) is 7.40. The van der Waals surface area contributed by atoms with E-state index in [4.69, 9.17) is 10.2 Å². The second-order valence-corrected chi connectivity index (χ2v) is 1.92. The largest absolute Gasteiger partial charge is 0.505 e. The van der Waals surface area contributed by atoms with Crippen molar-refractivity contribution in [1.82, 2.24) is 0 Å². The lowest BCUT2D eigenvalue weighted by molar-refractivity contribution is 0.0661. The Balaban J connectivity index is 2.99. The molecule has 0 fully saturated rings. The maximum atomic E-state index is 10.2. The first-order valence-corrected chi connectivity index (χ1v) is 2.82. The minimum Gasteiger partial charge on any atom is -0.505 e. The molecule has 58 valence electrons. The highest BCUT2D eigenvalue weighted by Gasteiger charge is 2.09. The third kappa shape index (κ3) is 1.40. The summed E-state index contributed by atoms with van der Waals surface area (Å²) in [6.45, 7) is 3.17. The normalized spacial score (nSPS) is 9.45. The minimum absolute atomic E-state index is 0.0717. The van der Waals surface area contributed by atoms with Crippen molar-refractivity contribution >= 4 is 11.7 Å². The lowest BCUT2D eigenvalue weighted by atomic mass is 10.4. The van der Waals surface area contributed by atoms with Gasteiger partial charge >= 0.3 is 5.97 Å². The molecule has 4 nitrogen and oxygen atoms in total. The number of rotatable bonds is 2. The highest BCUT2D eigenvalue weighted by atomic mass is 16.4. The van der Waals surface area contributed by atoms with Crippen LogP contribution >= 0.6 is 0 Å². The molecule has 0 atom stereocenters. The monoisotopic (exact) mass is 154 g/mol. The van der Waals surface area contributed by atoms with E-state index in [9.17, 15) is 4.79 Å². The highest BCUT2D eigenvalue weighted by molar-refractivity contribution is 5.84. The van der Waals surface area contributed by atoms with Crippen molar-refractivity contribution in [2.24, 2.45) is 0 Å². The van der Waals surface area contributed by atoms with Crippen LogP contribution in [0.2, 0.25) is 0 Å². The van der Waals surface area contributed by atoms with Crippen molar-refractivity contribution < 1.29 is 19.4 Å². The molecule has 1 aromatic heterocycles. The molecule has 0 aliphatic heterocycles. The highest BCUT2D eigenvalue weighted by Crippen LogP contribution is 2.13. The van der Waals surface area contributed by atoms with Crippen molar-refractivity contribution in [3.63, 3.8) is 0 Å². The molecule has 4 heteroatoms. The summed E-state index contributed by atoms with van der Waals surface area (Å²) in [6, 6.07) is 2.59. The molecular formula is C7H6O4. The zero-order chi connectivity index (χ0) is 8.43. The number of furan rings is 1. The molecule has 1 aromatic rings. The van der Waals surface area contributed by atoms with Crippen LogP contribution in [0, 0.1) is 0 Å². The van der Waals surface area contributed by atoms with E-state index in [1.165, 1.54) is 12.1 Å². The van der Waals surface area contributed by atoms with E-state index in [0.717, 1.165) is 0 Å². The van der Waals surface area contributed by atoms with Crippen molar-refractivity contribution in [2.75, 3.05) is 0 Å². The average molecular weight is 154 g/mol. The van der Waals surface area contributed by atoms with Crippen LogP contribution in [0.25, 0.3) is 5.76 Å². The van der Waals surface area contributed by atoms with Gasteiger partial charge < -0.3 is 14.6 Å². The average Bonchev–Trinajstić information content (AvgIpc) is 2.33. The zero-order valence-electron chi connectivity index (χ0n) is 5.57. The number of aliphatic hydroxyl groups excluding tert-OH is 1. The number of aromatic carboxylic acids is 1. The minimum atomic E-state index is -1.17. The van der Waals surface area contributed by atoms with Crippen LogP contribution < -0.4 is 0 Å². The fraction of sp³-hybridized carbons (Fsp3) is 0. The lowest BCUT2D eigenvalue weighted by Crippen LogP contribution is -1.91. The number of carboxylic acids is 1. The molecular weight excluding hydrogens is 148 g/mol. The molecule has 0 aliphatic carbocycles. The molecule has 0 spiro atoms. The van der Waals surface area contributed by atoms with Crippen LogP contribution in [0.3, 0.4) is 0 Å². The van der Waals surface area contributed by atoms with Gasteiger partial charge in [-0.15, -0.1) is 0 Å².